The molecule has 154 valence electrons. The fourth-order valence-electron chi connectivity index (χ4n) is 2.94. The normalized spacial score (nSPS) is 24.1. The van der Waals surface area contributed by atoms with Gasteiger partial charge in [0.2, 0.25) is 10.0 Å². The highest BCUT2D eigenvalue weighted by molar-refractivity contribution is 7.88. The molecule has 3 N–H and O–H groups in total. The molecule has 2 atom stereocenters. The van der Waals surface area contributed by atoms with E-state index >= 15 is 0 Å². The molecule has 0 aromatic heterocycles. The number of likely N-dealkylation sites (tertiary alicyclic amines) is 1. The fraction of sp³-hybridized carbons (Fsp3) is 0.667. The predicted octanol–water partition coefficient (Wildman–Crippen LogP) is -0.0512. The molecule has 0 bridgehead atoms. The minimum atomic E-state index is -3.42. The van der Waals surface area contributed by atoms with E-state index < -0.39 is 21.7 Å². The predicted molar refractivity (Wildman–Crippen MR) is 102 cm³/mol. The lowest BCUT2D eigenvalue weighted by atomic mass is 9.88. The van der Waals surface area contributed by atoms with E-state index in [2.05, 4.69) is 4.72 Å². The number of nitrogens with zero attached hydrogens (tertiary/aromatic N) is 1. The van der Waals surface area contributed by atoms with Crippen molar-refractivity contribution in [2.45, 2.75) is 31.6 Å². The third-order valence-electron chi connectivity index (χ3n) is 4.58. The van der Waals surface area contributed by atoms with Crippen molar-refractivity contribution in [3.8, 4) is 5.75 Å². The van der Waals surface area contributed by atoms with Crippen LogP contribution in [0.25, 0.3) is 0 Å². The van der Waals surface area contributed by atoms with Crippen LogP contribution in [0, 0.1) is 0 Å². The number of hydrogen-bond acceptors (Lipinski definition) is 7. The molecular formula is C18H30N2O6S. The Morgan fingerprint density at radius 2 is 2.00 bits per heavy atom. The summed E-state index contributed by atoms with van der Waals surface area (Å²) in [5.41, 5.74) is -0.378. The van der Waals surface area contributed by atoms with Crippen LogP contribution in [-0.4, -0.2) is 80.9 Å². The maximum Gasteiger partial charge on any atom is 0.208 e. The Labute approximate surface area is 161 Å². The molecule has 27 heavy (non-hydrogen) atoms. The molecule has 0 spiro atoms. The highest BCUT2D eigenvalue weighted by Gasteiger charge is 2.40. The molecule has 1 heterocycles. The van der Waals surface area contributed by atoms with Crippen molar-refractivity contribution < 1.29 is 28.1 Å². The Kier molecular flexibility index (Phi) is 8.02. The molecule has 9 heteroatoms. The first kappa shape index (κ1) is 22.1. The summed E-state index contributed by atoms with van der Waals surface area (Å²) in [7, 11) is -3.42. The largest absolute Gasteiger partial charge is 0.491 e. The van der Waals surface area contributed by atoms with Gasteiger partial charge in [0.15, 0.2) is 0 Å². The van der Waals surface area contributed by atoms with Crippen molar-refractivity contribution in [2.75, 3.05) is 45.7 Å². The van der Waals surface area contributed by atoms with Crippen LogP contribution in [0.15, 0.2) is 24.3 Å². The van der Waals surface area contributed by atoms with E-state index in [4.69, 9.17) is 9.47 Å². The number of piperidine rings is 1. The first-order valence-electron chi connectivity index (χ1n) is 9.09. The second kappa shape index (κ2) is 9.81. The lowest BCUT2D eigenvalue weighted by Gasteiger charge is -2.42. The third kappa shape index (κ3) is 7.36. The monoisotopic (exact) mass is 402 g/mol. The van der Waals surface area contributed by atoms with E-state index in [1.54, 1.807) is 0 Å². The number of ether oxygens (including phenoxy) is 2. The Balaban J connectivity index is 1.82. The zero-order valence-corrected chi connectivity index (χ0v) is 16.7. The van der Waals surface area contributed by atoms with Crippen molar-refractivity contribution >= 4 is 10.0 Å². The van der Waals surface area contributed by atoms with Gasteiger partial charge in [0.05, 0.1) is 19.0 Å². The summed E-state index contributed by atoms with van der Waals surface area (Å²) in [6, 6.07) is 7.73. The second-order valence-electron chi connectivity index (χ2n) is 6.89. The molecular weight excluding hydrogens is 372 g/mol. The number of aliphatic hydroxyl groups excluding tert-OH is 1. The van der Waals surface area contributed by atoms with Gasteiger partial charge in [-0.15, -0.1) is 0 Å². The topological polar surface area (TPSA) is 108 Å². The van der Waals surface area contributed by atoms with Gasteiger partial charge >= 0.3 is 0 Å². The number of rotatable bonds is 10. The van der Waals surface area contributed by atoms with Crippen LogP contribution in [0.3, 0.4) is 0 Å². The smallest absolute Gasteiger partial charge is 0.208 e. The van der Waals surface area contributed by atoms with E-state index in [-0.39, 0.29) is 19.5 Å². The highest BCUT2D eigenvalue weighted by atomic mass is 32.2. The molecule has 8 nitrogen and oxygen atoms in total. The molecule has 1 saturated heterocycles. The van der Waals surface area contributed by atoms with Crippen molar-refractivity contribution in [1.82, 2.24) is 9.62 Å². The van der Waals surface area contributed by atoms with E-state index in [0.717, 1.165) is 17.6 Å². The average Bonchev–Trinajstić information content (AvgIpc) is 2.61. The Morgan fingerprint density at radius 3 is 2.59 bits per heavy atom. The summed E-state index contributed by atoms with van der Waals surface area (Å²) >= 11 is 0. The van der Waals surface area contributed by atoms with E-state index in [1.165, 1.54) is 0 Å². The Bertz CT molecular complexity index is 682. The molecule has 1 fully saturated rings. The van der Waals surface area contributed by atoms with E-state index in [9.17, 15) is 18.6 Å². The van der Waals surface area contributed by atoms with Crippen LogP contribution in [0.2, 0.25) is 0 Å². The molecule has 0 amide bonds. The van der Waals surface area contributed by atoms with Crippen LogP contribution in [-0.2, 0) is 21.3 Å². The van der Waals surface area contributed by atoms with Gasteiger partial charge in [0.1, 0.15) is 18.0 Å². The van der Waals surface area contributed by atoms with Gasteiger partial charge < -0.3 is 19.7 Å². The minimum Gasteiger partial charge on any atom is -0.491 e. The van der Waals surface area contributed by atoms with Crippen LogP contribution < -0.4 is 9.46 Å². The zero-order valence-electron chi connectivity index (χ0n) is 15.9. The van der Waals surface area contributed by atoms with Crippen LogP contribution in [0.4, 0.5) is 0 Å². The summed E-state index contributed by atoms with van der Waals surface area (Å²) in [5, 5.41) is 20.8. The number of hydrogen-bond donors (Lipinski definition) is 3. The van der Waals surface area contributed by atoms with Crippen molar-refractivity contribution in [3.63, 3.8) is 0 Å². The number of nitrogens with one attached hydrogen (secondary N) is 1. The molecule has 0 unspecified atom stereocenters. The van der Waals surface area contributed by atoms with Gasteiger partial charge in [0.25, 0.3) is 0 Å². The lowest BCUT2D eigenvalue weighted by Crippen LogP contribution is -2.59. The maximum atomic E-state index is 11.2. The van der Waals surface area contributed by atoms with Gasteiger partial charge in [-0.25, -0.2) is 13.1 Å². The fourth-order valence-corrected chi connectivity index (χ4v) is 3.45. The first-order chi connectivity index (χ1) is 12.7. The number of benzene rings is 1. The van der Waals surface area contributed by atoms with Gasteiger partial charge in [0, 0.05) is 32.8 Å². The van der Waals surface area contributed by atoms with Gasteiger partial charge in [-0.1, -0.05) is 12.1 Å². The molecule has 1 aliphatic heterocycles. The molecule has 0 saturated carbocycles. The molecule has 1 aromatic carbocycles. The lowest BCUT2D eigenvalue weighted by molar-refractivity contribution is -0.115. The molecule has 0 radical (unpaired) electrons. The Morgan fingerprint density at radius 1 is 1.30 bits per heavy atom. The number of aliphatic hydroxyl groups is 2. The van der Waals surface area contributed by atoms with E-state index in [0.29, 0.717) is 32.9 Å². The number of β-amino-alcohol motifs (C(OH)–C–C–N with tert-alkyl or cyclic N) is 1. The van der Waals surface area contributed by atoms with Gasteiger partial charge in [-0.2, -0.15) is 0 Å². The van der Waals surface area contributed by atoms with Crippen molar-refractivity contribution in [2.24, 2.45) is 0 Å². The summed E-state index contributed by atoms with van der Waals surface area (Å²) in [6.45, 7) is 4.95. The second-order valence-corrected chi connectivity index (χ2v) is 8.72. The van der Waals surface area contributed by atoms with Crippen molar-refractivity contribution in [3.05, 3.63) is 29.8 Å². The third-order valence-corrected chi connectivity index (χ3v) is 5.25. The SMILES string of the molecule is CCOCCOc1ccc(CN2CC[C@@](O)(CNS(C)(=O)=O)[C@H](O)C2)cc1. The molecule has 1 aromatic rings. The zero-order chi connectivity index (χ0) is 19.9. The number of sulfonamides is 1. The average molecular weight is 403 g/mol. The molecule has 2 rings (SSSR count). The summed E-state index contributed by atoms with van der Waals surface area (Å²) < 4.78 is 35.5. The highest BCUT2D eigenvalue weighted by Crippen LogP contribution is 2.24. The quantitative estimate of drug-likeness (QED) is 0.471. The molecule has 1 aliphatic rings. The van der Waals surface area contributed by atoms with Gasteiger partial charge in [-0.05, 0) is 31.0 Å². The summed E-state index contributed by atoms with van der Waals surface area (Å²) in [6.07, 6.45) is 0.291. The van der Waals surface area contributed by atoms with E-state index in [1.807, 2.05) is 36.1 Å². The molecule has 0 aliphatic carbocycles. The van der Waals surface area contributed by atoms with Crippen LogP contribution in [0.5, 0.6) is 5.75 Å². The summed E-state index contributed by atoms with van der Waals surface area (Å²) in [5.74, 6) is 0.776. The Hall–Kier alpha value is -1.23. The van der Waals surface area contributed by atoms with Crippen LogP contribution in [0.1, 0.15) is 18.9 Å². The van der Waals surface area contributed by atoms with Crippen molar-refractivity contribution in [1.29, 1.82) is 0 Å². The standard InChI is InChI=1S/C18H30N2O6S/c1-3-25-10-11-26-16-6-4-15(5-7-16)12-20-9-8-18(22,17(21)13-20)14-19-27(2,23)24/h4-7,17,19,21-22H,3,8-14H2,1-2H3/t17-,18-/m1/s1. The first-order valence-corrected chi connectivity index (χ1v) is 11.0. The minimum absolute atomic E-state index is 0.186. The maximum absolute atomic E-state index is 11.2. The van der Waals surface area contributed by atoms with Gasteiger partial charge in [-0.3, -0.25) is 4.90 Å². The summed E-state index contributed by atoms with van der Waals surface area (Å²) in [4.78, 5) is 2.03. The van der Waals surface area contributed by atoms with Crippen LogP contribution >= 0.6 is 0 Å².